The van der Waals surface area contributed by atoms with Crippen LogP contribution in [0.5, 0.6) is 0 Å². The van der Waals surface area contributed by atoms with E-state index in [1.807, 2.05) is 0 Å². The quantitative estimate of drug-likeness (QED) is 0.640. The van der Waals surface area contributed by atoms with Crippen molar-refractivity contribution in [2.24, 2.45) is 5.92 Å². The normalized spacial score (nSPS) is 28.7. The van der Waals surface area contributed by atoms with Crippen molar-refractivity contribution in [3.63, 3.8) is 0 Å². The number of nitrogens with two attached hydrogens (primary N) is 1. The summed E-state index contributed by atoms with van der Waals surface area (Å²) in [4.78, 5) is 12.6. The monoisotopic (exact) mass is 437 g/mol. The Balaban J connectivity index is 1.67. The van der Waals surface area contributed by atoms with E-state index in [0.717, 1.165) is 6.92 Å². The van der Waals surface area contributed by atoms with Gasteiger partial charge in [-0.15, -0.1) is 11.8 Å². The number of anilines is 1. The van der Waals surface area contributed by atoms with Gasteiger partial charge in [0.25, 0.3) is 11.8 Å². The lowest BCUT2D eigenvalue weighted by atomic mass is 9.77. The molecular formula is C21H22F3N3O2S. The van der Waals surface area contributed by atoms with Gasteiger partial charge in [0.15, 0.2) is 0 Å². The third kappa shape index (κ3) is 3.77. The fraction of sp³-hybridized carbons (Fsp3) is 0.381. The number of amides is 1. The number of ether oxygens (including phenoxy) is 1. The fourth-order valence-corrected chi connectivity index (χ4v) is 5.51. The van der Waals surface area contributed by atoms with Crippen molar-refractivity contribution in [2.45, 2.75) is 30.0 Å². The van der Waals surface area contributed by atoms with E-state index >= 15 is 0 Å². The average Bonchev–Trinajstić information content (AvgIpc) is 3.10. The third-order valence-electron chi connectivity index (χ3n) is 5.59. The zero-order valence-corrected chi connectivity index (χ0v) is 17.0. The molecule has 1 unspecified atom stereocenters. The van der Waals surface area contributed by atoms with Crippen LogP contribution < -0.4 is 16.4 Å². The number of alkyl halides is 2. The zero-order chi connectivity index (χ0) is 21.5. The molecule has 1 amide bonds. The van der Waals surface area contributed by atoms with Gasteiger partial charge in [0.05, 0.1) is 12.1 Å². The second-order valence-electron chi connectivity index (χ2n) is 7.70. The molecule has 2 saturated heterocycles. The van der Waals surface area contributed by atoms with E-state index in [1.165, 1.54) is 30.0 Å². The number of nitrogens with one attached hydrogen (secondary N) is 2. The Morgan fingerprint density at radius 3 is 2.73 bits per heavy atom. The van der Waals surface area contributed by atoms with E-state index in [0.29, 0.717) is 11.3 Å². The Morgan fingerprint density at radius 2 is 2.03 bits per heavy atom. The summed E-state index contributed by atoms with van der Waals surface area (Å²) >= 11 is 1.28. The van der Waals surface area contributed by atoms with E-state index in [-0.39, 0.29) is 23.8 Å². The number of halogens is 3. The number of hydrogen-bond donors (Lipinski definition) is 3. The highest BCUT2D eigenvalue weighted by Gasteiger charge is 2.60. The first-order valence-corrected chi connectivity index (χ1v) is 10.6. The highest BCUT2D eigenvalue weighted by molar-refractivity contribution is 7.99. The molecule has 9 heteroatoms. The second-order valence-corrected chi connectivity index (χ2v) is 8.84. The first-order valence-electron chi connectivity index (χ1n) is 9.51. The molecule has 0 bridgehead atoms. The minimum absolute atomic E-state index is 0.162. The molecule has 30 heavy (non-hydrogen) atoms. The number of rotatable bonds is 4. The topological polar surface area (TPSA) is 76.4 Å². The first-order chi connectivity index (χ1) is 14.2. The van der Waals surface area contributed by atoms with Crippen LogP contribution >= 0.6 is 11.8 Å². The van der Waals surface area contributed by atoms with Gasteiger partial charge in [-0.2, -0.15) is 0 Å². The van der Waals surface area contributed by atoms with Crippen molar-refractivity contribution in [1.82, 2.24) is 10.6 Å². The number of carbonyl (C=O) groups excluding carboxylic acids is 1. The van der Waals surface area contributed by atoms with Crippen LogP contribution in [0.1, 0.15) is 22.8 Å². The van der Waals surface area contributed by atoms with Crippen LogP contribution in [0.4, 0.5) is 18.9 Å². The lowest BCUT2D eigenvalue weighted by molar-refractivity contribution is -0.113. The minimum atomic E-state index is -3.11. The number of carbonyl (C=O) groups is 1. The molecule has 2 aliphatic heterocycles. The number of nitrogen functional groups attached to an aromatic ring is 1. The third-order valence-corrected chi connectivity index (χ3v) is 6.71. The maximum atomic E-state index is 14.8. The van der Waals surface area contributed by atoms with E-state index in [1.54, 1.807) is 30.3 Å². The predicted molar refractivity (Wildman–Crippen MR) is 110 cm³/mol. The molecular weight excluding hydrogens is 415 g/mol. The summed E-state index contributed by atoms with van der Waals surface area (Å²) in [7, 11) is 0. The Morgan fingerprint density at radius 1 is 1.30 bits per heavy atom. The summed E-state index contributed by atoms with van der Waals surface area (Å²) in [6.07, 6.45) is -1.39. The van der Waals surface area contributed by atoms with Gasteiger partial charge in [-0.25, -0.2) is 13.2 Å². The SMILES string of the molecule is CC(F)(F)[C@H]1OC[C@]2(c3cc(N)ccc3F)NC(NC(=O)c3ccccc3)SC[C@H]12. The van der Waals surface area contributed by atoms with Gasteiger partial charge in [0.2, 0.25) is 0 Å². The number of fused-ring (bicyclic) bond motifs is 1. The standard InChI is InChI=1S/C21H22F3N3O2S/c1-20(23,24)17-15-10-30-19(26-18(28)12-5-3-2-4-6-12)27-21(15,11-29-17)14-9-13(25)7-8-16(14)22/h2-9,15,17,19,27H,10-11,25H2,1H3,(H,26,28)/t15-,17+,19?,21-/m1/s1. The van der Waals surface area contributed by atoms with Crippen LogP contribution in [0.3, 0.4) is 0 Å². The predicted octanol–water partition coefficient (Wildman–Crippen LogP) is 3.32. The highest BCUT2D eigenvalue weighted by atomic mass is 32.2. The Hall–Kier alpha value is -2.23. The van der Waals surface area contributed by atoms with Gasteiger partial charge in [-0.3, -0.25) is 10.1 Å². The van der Waals surface area contributed by atoms with Crippen molar-refractivity contribution in [2.75, 3.05) is 18.1 Å². The second kappa shape index (κ2) is 7.79. The van der Waals surface area contributed by atoms with Gasteiger partial charge in [0.1, 0.15) is 17.4 Å². The molecule has 0 aromatic heterocycles. The summed E-state index contributed by atoms with van der Waals surface area (Å²) in [5, 5.41) is 6.04. The first kappa shape index (κ1) is 21.0. The molecule has 0 radical (unpaired) electrons. The van der Waals surface area contributed by atoms with Gasteiger partial charge >= 0.3 is 0 Å². The fourth-order valence-electron chi connectivity index (χ4n) is 4.17. The van der Waals surface area contributed by atoms with Crippen molar-refractivity contribution in [1.29, 1.82) is 0 Å². The molecule has 2 aromatic carbocycles. The molecule has 4 N–H and O–H groups in total. The molecule has 0 aliphatic carbocycles. The van der Waals surface area contributed by atoms with Crippen LogP contribution in [0.2, 0.25) is 0 Å². The minimum Gasteiger partial charge on any atom is -0.399 e. The van der Waals surface area contributed by atoms with E-state index in [2.05, 4.69) is 10.6 Å². The zero-order valence-electron chi connectivity index (χ0n) is 16.2. The van der Waals surface area contributed by atoms with Crippen LogP contribution in [0.15, 0.2) is 48.5 Å². The van der Waals surface area contributed by atoms with Crippen molar-refractivity contribution in [3.05, 3.63) is 65.5 Å². The van der Waals surface area contributed by atoms with Crippen LogP contribution in [-0.2, 0) is 10.3 Å². The molecule has 5 nitrogen and oxygen atoms in total. The molecule has 4 rings (SSSR count). The summed E-state index contributed by atoms with van der Waals surface area (Å²) in [5.74, 6) is -4.46. The average molecular weight is 437 g/mol. The Kier molecular flexibility index (Phi) is 5.46. The lowest BCUT2D eigenvalue weighted by Gasteiger charge is -2.44. The maximum Gasteiger partial charge on any atom is 0.271 e. The molecule has 2 heterocycles. The van der Waals surface area contributed by atoms with E-state index < -0.39 is 34.8 Å². The molecule has 160 valence electrons. The summed E-state index contributed by atoms with van der Waals surface area (Å²) < 4.78 is 48.8. The molecule has 4 atom stereocenters. The highest BCUT2D eigenvalue weighted by Crippen LogP contribution is 2.49. The summed E-state index contributed by atoms with van der Waals surface area (Å²) in [6.45, 7) is 0.641. The van der Waals surface area contributed by atoms with Gasteiger partial charge < -0.3 is 15.8 Å². The van der Waals surface area contributed by atoms with Crippen molar-refractivity contribution >= 4 is 23.4 Å². The number of hydrogen-bond acceptors (Lipinski definition) is 5. The van der Waals surface area contributed by atoms with Gasteiger partial charge in [-0.05, 0) is 30.3 Å². The smallest absolute Gasteiger partial charge is 0.271 e. The summed E-state index contributed by atoms with van der Waals surface area (Å²) in [6, 6.07) is 12.7. The van der Waals surface area contributed by atoms with Gasteiger partial charge in [-0.1, -0.05) is 18.2 Å². The molecule has 2 aromatic rings. The lowest BCUT2D eigenvalue weighted by Crippen LogP contribution is -2.62. The Bertz CT molecular complexity index is 941. The van der Waals surface area contributed by atoms with Crippen LogP contribution in [0, 0.1) is 11.7 Å². The molecule has 2 fully saturated rings. The van der Waals surface area contributed by atoms with Crippen LogP contribution in [-0.4, -0.2) is 35.8 Å². The maximum absolute atomic E-state index is 14.8. The number of benzene rings is 2. The molecule has 2 aliphatic rings. The van der Waals surface area contributed by atoms with Crippen LogP contribution in [0.25, 0.3) is 0 Å². The van der Waals surface area contributed by atoms with Gasteiger partial charge in [0, 0.05) is 35.4 Å². The molecule has 0 saturated carbocycles. The van der Waals surface area contributed by atoms with Crippen molar-refractivity contribution in [3.8, 4) is 0 Å². The molecule has 0 spiro atoms. The van der Waals surface area contributed by atoms with E-state index in [9.17, 15) is 18.0 Å². The van der Waals surface area contributed by atoms with Crippen molar-refractivity contribution < 1.29 is 22.7 Å². The van der Waals surface area contributed by atoms with E-state index in [4.69, 9.17) is 10.5 Å². The largest absolute Gasteiger partial charge is 0.399 e. The summed E-state index contributed by atoms with van der Waals surface area (Å²) in [5.41, 5.74) is 4.94. The number of thioether (sulfide) groups is 1. The Labute approximate surface area is 176 Å².